The van der Waals surface area contributed by atoms with E-state index in [9.17, 15) is 9.59 Å². The Morgan fingerprint density at radius 2 is 2.00 bits per heavy atom. The van der Waals surface area contributed by atoms with E-state index in [1.165, 1.54) is 0 Å². The zero-order valence-corrected chi connectivity index (χ0v) is 11.3. The van der Waals surface area contributed by atoms with Crippen LogP contribution < -0.4 is 15.4 Å². The minimum absolute atomic E-state index is 0.0144. The zero-order chi connectivity index (χ0) is 14.5. The van der Waals surface area contributed by atoms with Crippen LogP contribution in [0.3, 0.4) is 0 Å². The monoisotopic (exact) mass is 278 g/mol. The molecule has 1 unspecified atom stereocenters. The second kappa shape index (κ2) is 6.38. The van der Waals surface area contributed by atoms with Gasteiger partial charge in [0.2, 0.25) is 5.91 Å². The van der Waals surface area contributed by atoms with Gasteiger partial charge in [0.15, 0.2) is 0 Å². The van der Waals surface area contributed by atoms with E-state index in [2.05, 4.69) is 10.6 Å². The van der Waals surface area contributed by atoms with Crippen molar-refractivity contribution in [1.29, 1.82) is 0 Å². The number of anilines is 1. The van der Waals surface area contributed by atoms with Crippen molar-refractivity contribution in [3.8, 4) is 5.75 Å². The fourth-order valence-electron chi connectivity index (χ4n) is 1.97. The van der Waals surface area contributed by atoms with Crippen LogP contribution in [0.4, 0.5) is 5.69 Å². The number of hydrogen-bond donors (Lipinski definition) is 3. The lowest BCUT2D eigenvalue weighted by Crippen LogP contribution is -2.42. The summed E-state index contributed by atoms with van der Waals surface area (Å²) in [4.78, 5) is 22.8. The summed E-state index contributed by atoms with van der Waals surface area (Å²) in [6.45, 7) is -0.0144. The van der Waals surface area contributed by atoms with Gasteiger partial charge in [0.1, 0.15) is 11.8 Å². The van der Waals surface area contributed by atoms with Crippen LogP contribution in [-0.4, -0.2) is 36.7 Å². The number of amides is 1. The summed E-state index contributed by atoms with van der Waals surface area (Å²) < 4.78 is 5.02. The highest BCUT2D eigenvalue weighted by Gasteiger charge is 2.36. The summed E-state index contributed by atoms with van der Waals surface area (Å²) in [5.41, 5.74) is 0.649. The van der Waals surface area contributed by atoms with E-state index in [4.69, 9.17) is 9.84 Å². The molecule has 108 valence electrons. The van der Waals surface area contributed by atoms with Gasteiger partial charge in [0.25, 0.3) is 0 Å². The number of benzene rings is 1. The number of carbonyl (C=O) groups is 2. The predicted octanol–water partition coefficient (Wildman–Crippen LogP) is 1.09. The summed E-state index contributed by atoms with van der Waals surface area (Å²) in [5.74, 6) is -0.297. The largest absolute Gasteiger partial charge is 0.497 e. The van der Waals surface area contributed by atoms with Crippen molar-refractivity contribution in [2.45, 2.75) is 18.9 Å². The topological polar surface area (TPSA) is 87.7 Å². The van der Waals surface area contributed by atoms with Gasteiger partial charge < -0.3 is 15.2 Å². The van der Waals surface area contributed by atoms with Crippen LogP contribution >= 0.6 is 0 Å². The number of aliphatic carboxylic acids is 1. The molecule has 1 fully saturated rings. The summed E-state index contributed by atoms with van der Waals surface area (Å²) in [6, 6.07) is 6.32. The van der Waals surface area contributed by atoms with Crippen molar-refractivity contribution in [2.24, 2.45) is 5.92 Å². The Morgan fingerprint density at radius 1 is 1.35 bits per heavy atom. The van der Waals surface area contributed by atoms with E-state index < -0.39 is 12.0 Å². The molecule has 1 aromatic carbocycles. The minimum Gasteiger partial charge on any atom is -0.497 e. The molecule has 1 amide bonds. The van der Waals surface area contributed by atoms with Crippen LogP contribution in [0.1, 0.15) is 12.8 Å². The fraction of sp³-hybridized carbons (Fsp3) is 0.429. The van der Waals surface area contributed by atoms with Crippen LogP contribution in [0.2, 0.25) is 0 Å². The molecule has 1 atom stereocenters. The van der Waals surface area contributed by atoms with Crippen molar-refractivity contribution in [3.63, 3.8) is 0 Å². The van der Waals surface area contributed by atoms with Gasteiger partial charge >= 0.3 is 5.97 Å². The normalized spacial score (nSPS) is 15.4. The standard InChI is InChI=1S/C14H18N2O4/c1-20-11-6-4-10(5-7-11)16-12(17)8-15-13(14(18)19)9-2-3-9/h4-7,9,13,15H,2-3,8H2,1H3,(H,16,17)(H,18,19). The molecule has 6 heteroatoms. The first-order valence-corrected chi connectivity index (χ1v) is 6.50. The van der Waals surface area contributed by atoms with E-state index in [0.29, 0.717) is 11.4 Å². The van der Waals surface area contributed by atoms with E-state index in [-0.39, 0.29) is 18.4 Å². The Balaban J connectivity index is 1.80. The average Bonchev–Trinajstić information content (AvgIpc) is 3.24. The Kier molecular flexibility index (Phi) is 4.57. The van der Waals surface area contributed by atoms with Crippen molar-refractivity contribution < 1.29 is 19.4 Å². The lowest BCUT2D eigenvalue weighted by atomic mass is 10.2. The molecule has 0 aliphatic heterocycles. The third-order valence-electron chi connectivity index (χ3n) is 3.22. The Labute approximate surface area is 117 Å². The molecular formula is C14H18N2O4. The summed E-state index contributed by atoms with van der Waals surface area (Å²) in [6.07, 6.45) is 1.81. The Hall–Kier alpha value is -2.08. The van der Waals surface area contributed by atoms with Crippen LogP contribution in [0.5, 0.6) is 5.75 Å². The molecule has 0 bridgehead atoms. The second-order valence-corrected chi connectivity index (χ2v) is 4.81. The third-order valence-corrected chi connectivity index (χ3v) is 3.22. The van der Waals surface area contributed by atoms with Gasteiger partial charge in [-0.05, 0) is 43.0 Å². The van der Waals surface area contributed by atoms with E-state index >= 15 is 0 Å². The SMILES string of the molecule is COc1ccc(NC(=O)CNC(C(=O)O)C2CC2)cc1. The van der Waals surface area contributed by atoms with Crippen molar-refractivity contribution in [3.05, 3.63) is 24.3 Å². The lowest BCUT2D eigenvalue weighted by Gasteiger charge is -2.13. The lowest BCUT2D eigenvalue weighted by molar-refractivity contribution is -0.140. The van der Waals surface area contributed by atoms with Gasteiger partial charge in [-0.15, -0.1) is 0 Å². The first-order valence-electron chi connectivity index (χ1n) is 6.50. The highest BCUT2D eigenvalue weighted by molar-refractivity contribution is 5.92. The highest BCUT2D eigenvalue weighted by atomic mass is 16.5. The number of carbonyl (C=O) groups excluding carboxylic acids is 1. The summed E-state index contributed by atoms with van der Waals surface area (Å²) >= 11 is 0. The van der Waals surface area contributed by atoms with Crippen molar-refractivity contribution in [1.82, 2.24) is 5.32 Å². The number of carboxylic acids is 1. The van der Waals surface area contributed by atoms with Gasteiger partial charge in [-0.2, -0.15) is 0 Å². The molecule has 3 N–H and O–H groups in total. The molecule has 0 radical (unpaired) electrons. The molecule has 0 aromatic heterocycles. The molecule has 0 saturated heterocycles. The van der Waals surface area contributed by atoms with Crippen LogP contribution in [0.15, 0.2) is 24.3 Å². The van der Waals surface area contributed by atoms with E-state index in [0.717, 1.165) is 12.8 Å². The Morgan fingerprint density at radius 3 is 2.50 bits per heavy atom. The number of nitrogens with one attached hydrogen (secondary N) is 2. The predicted molar refractivity (Wildman–Crippen MR) is 73.8 cm³/mol. The number of rotatable bonds is 7. The maximum absolute atomic E-state index is 11.7. The number of carboxylic acid groups (broad SMARTS) is 1. The van der Waals surface area contributed by atoms with Gasteiger partial charge in [0, 0.05) is 5.69 Å². The summed E-state index contributed by atoms with van der Waals surface area (Å²) in [5, 5.41) is 14.5. The molecular weight excluding hydrogens is 260 g/mol. The van der Waals surface area contributed by atoms with E-state index in [1.807, 2.05) is 0 Å². The van der Waals surface area contributed by atoms with Gasteiger partial charge in [0.05, 0.1) is 13.7 Å². The molecule has 0 spiro atoms. The first kappa shape index (κ1) is 14.3. The maximum Gasteiger partial charge on any atom is 0.320 e. The van der Waals surface area contributed by atoms with Crippen LogP contribution in [-0.2, 0) is 9.59 Å². The van der Waals surface area contributed by atoms with Crippen LogP contribution in [0, 0.1) is 5.92 Å². The fourth-order valence-corrected chi connectivity index (χ4v) is 1.97. The first-order chi connectivity index (χ1) is 9.60. The molecule has 1 aliphatic rings. The van der Waals surface area contributed by atoms with Gasteiger partial charge in [-0.3, -0.25) is 14.9 Å². The van der Waals surface area contributed by atoms with Gasteiger partial charge in [-0.1, -0.05) is 0 Å². The molecule has 6 nitrogen and oxygen atoms in total. The van der Waals surface area contributed by atoms with Crippen molar-refractivity contribution >= 4 is 17.6 Å². The number of hydrogen-bond acceptors (Lipinski definition) is 4. The molecule has 20 heavy (non-hydrogen) atoms. The van der Waals surface area contributed by atoms with E-state index in [1.54, 1.807) is 31.4 Å². The quantitative estimate of drug-likeness (QED) is 0.695. The van der Waals surface area contributed by atoms with Gasteiger partial charge in [-0.25, -0.2) is 0 Å². The maximum atomic E-state index is 11.7. The number of ether oxygens (including phenoxy) is 1. The molecule has 1 saturated carbocycles. The Bertz CT molecular complexity index is 482. The summed E-state index contributed by atoms with van der Waals surface area (Å²) in [7, 11) is 1.57. The molecule has 1 aliphatic carbocycles. The smallest absolute Gasteiger partial charge is 0.320 e. The second-order valence-electron chi connectivity index (χ2n) is 4.81. The molecule has 0 heterocycles. The average molecular weight is 278 g/mol. The number of methoxy groups -OCH3 is 1. The van der Waals surface area contributed by atoms with Crippen molar-refractivity contribution in [2.75, 3.05) is 19.0 Å². The highest BCUT2D eigenvalue weighted by Crippen LogP contribution is 2.32. The van der Waals surface area contributed by atoms with Crippen LogP contribution in [0.25, 0.3) is 0 Å². The minimum atomic E-state index is -0.898. The zero-order valence-electron chi connectivity index (χ0n) is 11.3. The molecule has 2 rings (SSSR count). The molecule has 1 aromatic rings. The third kappa shape index (κ3) is 3.96.